The molecule has 3 aliphatic rings. The fraction of sp³-hybridized carbons (Fsp3) is 0.771. The molecule has 0 aliphatic heterocycles. The van der Waals surface area contributed by atoms with Crippen molar-refractivity contribution in [1.29, 1.82) is 0 Å². The van der Waals surface area contributed by atoms with Crippen LogP contribution >= 0.6 is 0 Å². The zero-order valence-electron chi connectivity index (χ0n) is 26.5. The van der Waals surface area contributed by atoms with Gasteiger partial charge in [0.1, 0.15) is 6.33 Å². The third kappa shape index (κ3) is 15.1. The largest absolute Gasteiger partial charge is 0.501 e. The Bertz CT molecular complexity index is 660. The predicted octanol–water partition coefficient (Wildman–Crippen LogP) is 11.9. The van der Waals surface area contributed by atoms with Crippen molar-refractivity contribution in [2.75, 3.05) is 13.2 Å². The van der Waals surface area contributed by atoms with E-state index in [1.54, 1.807) is 12.3 Å². The molecule has 0 aromatic heterocycles. The van der Waals surface area contributed by atoms with Crippen LogP contribution in [0, 0.1) is 35.5 Å². The summed E-state index contributed by atoms with van der Waals surface area (Å²) in [4.78, 5) is 0. The standard InChI is InChI=1S/C29H44F2O2.3C2H6/c1-3-23-10-14-26(15-11-23)27-16-12-25(13-17-27)21-33-29(28(31)19-30)5-4-18-32-20-24-8-6-22(2)7-9-24;3*1-2/h3-5,18-19,22-27H,1,6-17,20-21H2,2H3;3*1-2H3/b18-4+,28-19-,29-5+;;;. The van der Waals surface area contributed by atoms with Gasteiger partial charge in [-0.3, -0.25) is 0 Å². The lowest BCUT2D eigenvalue weighted by atomic mass is 9.69. The molecule has 0 bridgehead atoms. The molecule has 39 heavy (non-hydrogen) atoms. The van der Waals surface area contributed by atoms with Crippen LogP contribution < -0.4 is 0 Å². The average Bonchev–Trinajstić information content (AvgIpc) is 3.02. The summed E-state index contributed by atoms with van der Waals surface area (Å²) in [6.45, 7) is 19.4. The summed E-state index contributed by atoms with van der Waals surface area (Å²) < 4.78 is 38.1. The number of allylic oxidation sites excluding steroid dienone is 4. The first-order valence-corrected chi connectivity index (χ1v) is 16.3. The van der Waals surface area contributed by atoms with Gasteiger partial charge in [-0.05, 0) is 112 Å². The highest BCUT2D eigenvalue weighted by Gasteiger charge is 2.30. The van der Waals surface area contributed by atoms with Gasteiger partial charge in [-0.25, -0.2) is 8.78 Å². The molecule has 0 amide bonds. The molecule has 0 saturated heterocycles. The van der Waals surface area contributed by atoms with Crippen LogP contribution in [0.4, 0.5) is 8.78 Å². The van der Waals surface area contributed by atoms with E-state index in [9.17, 15) is 8.78 Å². The minimum Gasteiger partial charge on any atom is -0.501 e. The van der Waals surface area contributed by atoms with Gasteiger partial charge in [-0.1, -0.05) is 67.4 Å². The molecule has 0 radical (unpaired) electrons. The molecule has 0 unspecified atom stereocenters. The molecule has 3 aliphatic carbocycles. The quantitative estimate of drug-likeness (QED) is 0.152. The van der Waals surface area contributed by atoms with E-state index < -0.39 is 5.83 Å². The number of ether oxygens (including phenoxy) is 2. The van der Waals surface area contributed by atoms with Crippen molar-refractivity contribution in [3.05, 3.63) is 49.0 Å². The van der Waals surface area contributed by atoms with E-state index >= 15 is 0 Å². The summed E-state index contributed by atoms with van der Waals surface area (Å²) in [6, 6.07) is 0. The first kappa shape index (κ1) is 37.4. The van der Waals surface area contributed by atoms with Crippen LogP contribution in [0.25, 0.3) is 0 Å². The van der Waals surface area contributed by atoms with E-state index in [0.29, 0.717) is 31.0 Å². The van der Waals surface area contributed by atoms with Gasteiger partial charge < -0.3 is 9.47 Å². The second kappa shape index (κ2) is 24.2. The minimum atomic E-state index is -0.964. The molecular weight excluding hydrogens is 490 g/mol. The first-order valence-electron chi connectivity index (χ1n) is 16.3. The molecule has 0 atom stereocenters. The summed E-state index contributed by atoms with van der Waals surface area (Å²) in [6.07, 6.45) is 21.6. The molecule has 0 aromatic carbocycles. The van der Waals surface area contributed by atoms with Crippen LogP contribution in [0.1, 0.15) is 126 Å². The number of hydrogen-bond donors (Lipinski definition) is 0. The van der Waals surface area contributed by atoms with E-state index in [0.717, 1.165) is 30.6 Å². The van der Waals surface area contributed by atoms with Crippen molar-refractivity contribution in [3.63, 3.8) is 0 Å². The number of hydrogen-bond acceptors (Lipinski definition) is 2. The van der Waals surface area contributed by atoms with Crippen molar-refractivity contribution in [2.45, 2.75) is 126 Å². The molecule has 0 spiro atoms. The topological polar surface area (TPSA) is 18.5 Å². The van der Waals surface area contributed by atoms with Gasteiger partial charge in [0.05, 0.1) is 19.5 Å². The Morgan fingerprint density at radius 3 is 1.74 bits per heavy atom. The lowest BCUT2D eigenvalue weighted by molar-refractivity contribution is 0.101. The maximum Gasteiger partial charge on any atom is 0.193 e. The Hall–Kier alpha value is -1.58. The Labute approximate surface area is 241 Å². The summed E-state index contributed by atoms with van der Waals surface area (Å²) in [5.74, 6) is 3.20. The SMILES string of the molecule is C=CC1CCC(C2CCC(COC(=C/C=C/OCC3CCC(C)CC3)/C(F)=C/F)CC2)CC1.CC.CC.CC. The molecular formula is C35H62F2O2. The van der Waals surface area contributed by atoms with Crippen molar-refractivity contribution in [3.8, 4) is 0 Å². The van der Waals surface area contributed by atoms with Crippen LogP contribution in [-0.4, -0.2) is 13.2 Å². The van der Waals surface area contributed by atoms with Crippen LogP contribution in [0.3, 0.4) is 0 Å². The normalized spacial score (nSPS) is 29.5. The summed E-state index contributed by atoms with van der Waals surface area (Å²) in [7, 11) is 0. The Morgan fingerprint density at radius 2 is 1.23 bits per heavy atom. The lowest BCUT2D eigenvalue weighted by Gasteiger charge is -2.37. The Morgan fingerprint density at radius 1 is 0.744 bits per heavy atom. The molecule has 2 nitrogen and oxygen atoms in total. The third-order valence-corrected chi connectivity index (χ3v) is 8.40. The molecule has 0 aromatic rings. The zero-order chi connectivity index (χ0) is 29.5. The van der Waals surface area contributed by atoms with Crippen molar-refractivity contribution in [1.82, 2.24) is 0 Å². The molecule has 0 N–H and O–H groups in total. The van der Waals surface area contributed by atoms with Gasteiger partial charge in [0, 0.05) is 0 Å². The fourth-order valence-electron chi connectivity index (χ4n) is 6.01. The van der Waals surface area contributed by atoms with E-state index in [2.05, 4.69) is 19.6 Å². The Kier molecular flexibility index (Phi) is 23.3. The summed E-state index contributed by atoms with van der Waals surface area (Å²) in [5, 5.41) is 0. The molecule has 3 rings (SSSR count). The summed E-state index contributed by atoms with van der Waals surface area (Å²) >= 11 is 0. The van der Waals surface area contributed by atoms with Gasteiger partial charge in [0.25, 0.3) is 0 Å². The van der Waals surface area contributed by atoms with Crippen LogP contribution in [-0.2, 0) is 9.47 Å². The van der Waals surface area contributed by atoms with E-state index in [4.69, 9.17) is 9.47 Å². The maximum atomic E-state index is 14.0. The third-order valence-electron chi connectivity index (χ3n) is 8.40. The number of rotatable bonds is 10. The molecule has 228 valence electrons. The smallest absolute Gasteiger partial charge is 0.193 e. The second-order valence-corrected chi connectivity index (χ2v) is 10.8. The van der Waals surface area contributed by atoms with E-state index in [1.165, 1.54) is 70.3 Å². The van der Waals surface area contributed by atoms with Crippen LogP contribution in [0.2, 0.25) is 0 Å². The van der Waals surface area contributed by atoms with Crippen LogP contribution in [0.5, 0.6) is 0 Å². The van der Waals surface area contributed by atoms with E-state index in [1.807, 2.05) is 41.5 Å². The minimum absolute atomic E-state index is 0.0276. The number of halogens is 2. The predicted molar refractivity (Wildman–Crippen MR) is 166 cm³/mol. The van der Waals surface area contributed by atoms with Gasteiger partial charge in [-0.2, -0.15) is 0 Å². The van der Waals surface area contributed by atoms with Crippen molar-refractivity contribution >= 4 is 0 Å². The average molecular weight is 553 g/mol. The molecule has 0 heterocycles. The highest BCUT2D eigenvalue weighted by atomic mass is 19.2. The fourth-order valence-corrected chi connectivity index (χ4v) is 6.01. The summed E-state index contributed by atoms with van der Waals surface area (Å²) in [5.41, 5.74) is 0. The highest BCUT2D eigenvalue weighted by molar-refractivity contribution is 5.22. The van der Waals surface area contributed by atoms with Crippen LogP contribution in [0.15, 0.2) is 49.0 Å². The maximum absolute atomic E-state index is 14.0. The highest BCUT2D eigenvalue weighted by Crippen LogP contribution is 2.41. The van der Waals surface area contributed by atoms with Gasteiger partial charge in [0.2, 0.25) is 0 Å². The van der Waals surface area contributed by atoms with E-state index in [-0.39, 0.29) is 12.1 Å². The zero-order valence-corrected chi connectivity index (χ0v) is 26.5. The monoisotopic (exact) mass is 552 g/mol. The Balaban J connectivity index is 0.00000225. The first-order chi connectivity index (χ1) is 19.1. The van der Waals surface area contributed by atoms with Crippen molar-refractivity contribution < 1.29 is 18.3 Å². The van der Waals surface area contributed by atoms with Gasteiger partial charge in [-0.15, -0.1) is 6.58 Å². The lowest BCUT2D eigenvalue weighted by Crippen LogP contribution is -2.26. The van der Waals surface area contributed by atoms with Crippen molar-refractivity contribution in [2.24, 2.45) is 35.5 Å². The molecule has 4 heteroatoms. The second-order valence-electron chi connectivity index (χ2n) is 10.8. The van der Waals surface area contributed by atoms with Gasteiger partial charge >= 0.3 is 0 Å². The molecule has 3 fully saturated rings. The molecule has 3 saturated carbocycles. The van der Waals surface area contributed by atoms with Gasteiger partial charge in [0.15, 0.2) is 11.6 Å².